The lowest BCUT2D eigenvalue weighted by Gasteiger charge is -2.36. The van der Waals surface area contributed by atoms with Crippen molar-refractivity contribution >= 4 is 5.82 Å². The smallest absolute Gasteiger partial charge is 0.129 e. The van der Waals surface area contributed by atoms with E-state index in [9.17, 15) is 0 Å². The third-order valence-electron chi connectivity index (χ3n) is 2.49. The fraction of sp³-hybridized carbons (Fsp3) is 0.600. The third-order valence-corrected chi connectivity index (χ3v) is 2.49. The molecule has 76 valence electrons. The summed E-state index contributed by atoms with van der Waals surface area (Å²) in [5.74, 6) is 2.53. The zero-order valence-electron chi connectivity index (χ0n) is 8.70. The summed E-state index contributed by atoms with van der Waals surface area (Å²) >= 11 is 0. The van der Waals surface area contributed by atoms with Crippen LogP contribution in [-0.2, 0) is 0 Å². The SMILES string of the molecule is Cc1nccc(NCC2CN(C)C2)n1. The summed E-state index contributed by atoms with van der Waals surface area (Å²) in [7, 11) is 2.14. The minimum atomic E-state index is 0.773. The van der Waals surface area contributed by atoms with Crippen LogP contribution in [0.2, 0.25) is 0 Å². The Labute approximate surface area is 84.4 Å². The summed E-state index contributed by atoms with van der Waals surface area (Å²) < 4.78 is 0. The van der Waals surface area contributed by atoms with Gasteiger partial charge in [0.15, 0.2) is 0 Å². The molecule has 14 heavy (non-hydrogen) atoms. The molecule has 0 aromatic carbocycles. The fourth-order valence-corrected chi connectivity index (χ4v) is 1.76. The highest BCUT2D eigenvalue weighted by molar-refractivity contribution is 5.32. The van der Waals surface area contributed by atoms with Gasteiger partial charge < -0.3 is 10.2 Å². The van der Waals surface area contributed by atoms with Gasteiger partial charge in [0.1, 0.15) is 11.6 Å². The van der Waals surface area contributed by atoms with E-state index in [1.165, 1.54) is 13.1 Å². The quantitative estimate of drug-likeness (QED) is 0.767. The van der Waals surface area contributed by atoms with E-state index >= 15 is 0 Å². The van der Waals surface area contributed by atoms with Crippen molar-refractivity contribution in [2.24, 2.45) is 5.92 Å². The lowest BCUT2D eigenvalue weighted by molar-refractivity contribution is 0.144. The Bertz CT molecular complexity index is 307. The number of aromatic nitrogens is 2. The first-order chi connectivity index (χ1) is 6.74. The van der Waals surface area contributed by atoms with Crippen LogP contribution < -0.4 is 5.32 Å². The van der Waals surface area contributed by atoms with Crippen molar-refractivity contribution in [2.75, 3.05) is 32.0 Å². The average molecular weight is 192 g/mol. The summed E-state index contributed by atoms with van der Waals surface area (Å²) in [4.78, 5) is 10.7. The zero-order chi connectivity index (χ0) is 9.97. The van der Waals surface area contributed by atoms with E-state index in [2.05, 4.69) is 27.2 Å². The number of nitrogens with zero attached hydrogens (tertiary/aromatic N) is 3. The van der Waals surface area contributed by atoms with Crippen molar-refractivity contribution in [3.8, 4) is 0 Å². The molecule has 1 aliphatic heterocycles. The van der Waals surface area contributed by atoms with E-state index in [0.717, 1.165) is 24.1 Å². The van der Waals surface area contributed by atoms with Crippen molar-refractivity contribution < 1.29 is 0 Å². The van der Waals surface area contributed by atoms with E-state index in [-0.39, 0.29) is 0 Å². The Morgan fingerprint density at radius 1 is 1.57 bits per heavy atom. The van der Waals surface area contributed by atoms with Gasteiger partial charge in [-0.05, 0) is 20.0 Å². The standard InChI is InChI=1S/C10H16N4/c1-8-11-4-3-10(13-8)12-5-9-6-14(2)7-9/h3-4,9H,5-7H2,1-2H3,(H,11,12,13). The summed E-state index contributed by atoms with van der Waals surface area (Å²) in [5, 5.41) is 3.33. The van der Waals surface area contributed by atoms with Gasteiger partial charge in [-0.1, -0.05) is 0 Å². The second kappa shape index (κ2) is 3.92. The second-order valence-electron chi connectivity index (χ2n) is 3.96. The first-order valence-corrected chi connectivity index (χ1v) is 4.96. The third kappa shape index (κ3) is 2.20. The van der Waals surface area contributed by atoms with Crippen LogP contribution in [0.5, 0.6) is 0 Å². The summed E-state index contributed by atoms with van der Waals surface area (Å²) in [6, 6.07) is 1.91. The van der Waals surface area contributed by atoms with E-state index in [4.69, 9.17) is 0 Å². The van der Waals surface area contributed by atoms with Crippen molar-refractivity contribution in [3.63, 3.8) is 0 Å². The molecule has 4 heteroatoms. The van der Waals surface area contributed by atoms with Gasteiger partial charge in [0.2, 0.25) is 0 Å². The van der Waals surface area contributed by atoms with Crippen LogP contribution in [0.25, 0.3) is 0 Å². The summed E-state index contributed by atoms with van der Waals surface area (Å²) in [6.07, 6.45) is 1.79. The highest BCUT2D eigenvalue weighted by Crippen LogP contribution is 2.13. The lowest BCUT2D eigenvalue weighted by Crippen LogP contribution is -2.46. The molecular formula is C10H16N4. The number of likely N-dealkylation sites (tertiary alicyclic amines) is 1. The van der Waals surface area contributed by atoms with Gasteiger partial charge in [0, 0.05) is 31.7 Å². The molecule has 0 amide bonds. The number of hydrogen-bond donors (Lipinski definition) is 1. The highest BCUT2D eigenvalue weighted by Gasteiger charge is 2.22. The number of anilines is 1. The molecule has 1 aromatic heterocycles. The van der Waals surface area contributed by atoms with Crippen molar-refractivity contribution in [3.05, 3.63) is 18.1 Å². The molecule has 0 radical (unpaired) electrons. The lowest BCUT2D eigenvalue weighted by atomic mass is 10.0. The van der Waals surface area contributed by atoms with Crippen LogP contribution in [0.4, 0.5) is 5.82 Å². The normalized spacial score (nSPS) is 17.9. The van der Waals surface area contributed by atoms with Gasteiger partial charge in [-0.3, -0.25) is 0 Å². The molecule has 2 rings (SSSR count). The van der Waals surface area contributed by atoms with Gasteiger partial charge in [0.25, 0.3) is 0 Å². The zero-order valence-corrected chi connectivity index (χ0v) is 8.70. The Hall–Kier alpha value is -1.16. The van der Waals surface area contributed by atoms with Crippen LogP contribution in [0, 0.1) is 12.8 Å². The molecule has 0 atom stereocenters. The van der Waals surface area contributed by atoms with E-state index in [1.807, 2.05) is 13.0 Å². The van der Waals surface area contributed by atoms with E-state index < -0.39 is 0 Å². The first kappa shape index (κ1) is 9.40. The molecule has 1 fully saturated rings. The molecule has 0 unspecified atom stereocenters. The Morgan fingerprint density at radius 2 is 2.36 bits per heavy atom. The van der Waals surface area contributed by atoms with Gasteiger partial charge in [-0.25, -0.2) is 9.97 Å². The maximum Gasteiger partial charge on any atom is 0.129 e. The maximum atomic E-state index is 4.29. The highest BCUT2D eigenvalue weighted by atomic mass is 15.2. The molecule has 0 aliphatic carbocycles. The molecule has 4 nitrogen and oxygen atoms in total. The molecular weight excluding hydrogens is 176 g/mol. The number of rotatable bonds is 3. The monoisotopic (exact) mass is 192 g/mol. The van der Waals surface area contributed by atoms with Crippen molar-refractivity contribution in [1.82, 2.24) is 14.9 Å². The molecule has 1 aliphatic rings. The molecule has 0 saturated carbocycles. The molecule has 2 heterocycles. The maximum absolute atomic E-state index is 4.29. The average Bonchev–Trinajstić information content (AvgIpc) is 2.11. The minimum Gasteiger partial charge on any atom is -0.370 e. The van der Waals surface area contributed by atoms with Crippen LogP contribution >= 0.6 is 0 Å². The van der Waals surface area contributed by atoms with Gasteiger partial charge in [0.05, 0.1) is 0 Å². The molecule has 1 saturated heterocycles. The van der Waals surface area contributed by atoms with E-state index in [1.54, 1.807) is 6.20 Å². The fourth-order valence-electron chi connectivity index (χ4n) is 1.76. The van der Waals surface area contributed by atoms with Crippen molar-refractivity contribution in [2.45, 2.75) is 6.92 Å². The van der Waals surface area contributed by atoms with Crippen molar-refractivity contribution in [1.29, 1.82) is 0 Å². The van der Waals surface area contributed by atoms with E-state index in [0.29, 0.717) is 0 Å². The van der Waals surface area contributed by atoms with Crippen LogP contribution in [-0.4, -0.2) is 41.5 Å². The Balaban J connectivity index is 1.80. The van der Waals surface area contributed by atoms with Gasteiger partial charge in [-0.2, -0.15) is 0 Å². The molecule has 1 N–H and O–H groups in total. The Kier molecular flexibility index (Phi) is 2.63. The van der Waals surface area contributed by atoms with Crippen LogP contribution in [0.15, 0.2) is 12.3 Å². The predicted octanol–water partition coefficient (Wildman–Crippen LogP) is 0.759. The van der Waals surface area contributed by atoms with Gasteiger partial charge >= 0.3 is 0 Å². The molecule has 1 aromatic rings. The number of aryl methyl sites for hydroxylation is 1. The minimum absolute atomic E-state index is 0.773. The number of hydrogen-bond acceptors (Lipinski definition) is 4. The number of nitrogens with one attached hydrogen (secondary N) is 1. The summed E-state index contributed by atoms with van der Waals surface area (Å²) in [6.45, 7) is 5.30. The first-order valence-electron chi connectivity index (χ1n) is 4.96. The predicted molar refractivity (Wildman–Crippen MR) is 56.2 cm³/mol. The second-order valence-corrected chi connectivity index (χ2v) is 3.96. The largest absolute Gasteiger partial charge is 0.370 e. The Morgan fingerprint density at radius 3 is 3.00 bits per heavy atom. The molecule has 0 bridgehead atoms. The topological polar surface area (TPSA) is 41.1 Å². The van der Waals surface area contributed by atoms with Crippen LogP contribution in [0.1, 0.15) is 5.82 Å². The van der Waals surface area contributed by atoms with Gasteiger partial charge in [-0.15, -0.1) is 0 Å². The summed E-state index contributed by atoms with van der Waals surface area (Å²) in [5.41, 5.74) is 0. The van der Waals surface area contributed by atoms with Crippen LogP contribution in [0.3, 0.4) is 0 Å². The molecule has 0 spiro atoms.